The Morgan fingerprint density at radius 3 is 2.76 bits per heavy atom. The predicted molar refractivity (Wildman–Crippen MR) is 64.2 cm³/mol. The van der Waals surface area contributed by atoms with Gasteiger partial charge in [0.1, 0.15) is 5.82 Å². The molecule has 1 heterocycles. The van der Waals surface area contributed by atoms with Gasteiger partial charge in [0.05, 0.1) is 6.54 Å². The van der Waals surface area contributed by atoms with E-state index < -0.39 is 5.82 Å². The van der Waals surface area contributed by atoms with Crippen LogP contribution in [0.1, 0.15) is 23.2 Å². The van der Waals surface area contributed by atoms with Gasteiger partial charge in [-0.25, -0.2) is 4.39 Å². The molecule has 0 bridgehead atoms. The summed E-state index contributed by atoms with van der Waals surface area (Å²) in [5, 5.41) is 0. The number of likely N-dealkylation sites (tertiary alicyclic amines) is 1. The maximum atomic E-state index is 13.2. The molecule has 1 aliphatic heterocycles. The monoisotopic (exact) mass is 299 g/mol. The molecule has 1 amide bonds. The average molecular weight is 300 g/mol. The van der Waals surface area contributed by atoms with Gasteiger partial charge in [-0.1, -0.05) is 15.9 Å². The van der Waals surface area contributed by atoms with E-state index in [1.165, 1.54) is 17.0 Å². The third kappa shape index (κ3) is 2.91. The highest BCUT2D eigenvalue weighted by molar-refractivity contribution is 9.10. The molecule has 0 N–H and O–H groups in total. The lowest BCUT2D eigenvalue weighted by Crippen LogP contribution is -2.40. The van der Waals surface area contributed by atoms with Crippen LogP contribution >= 0.6 is 15.9 Å². The van der Waals surface area contributed by atoms with Crippen molar-refractivity contribution in [3.8, 4) is 0 Å². The van der Waals surface area contributed by atoms with Crippen molar-refractivity contribution in [1.29, 1.82) is 0 Å². The molecule has 90 valence electrons. The predicted octanol–water partition coefficient (Wildman–Crippen LogP) is 2.39. The quantitative estimate of drug-likeness (QED) is 0.798. The number of carbonyl (C=O) groups excluding carboxylic acids is 2. The van der Waals surface area contributed by atoms with Crippen LogP contribution in [0.4, 0.5) is 4.39 Å². The SMILES string of the molecule is O=C1CCCN(C(=O)c2cc(F)cc(Br)c2)C1. The topological polar surface area (TPSA) is 37.4 Å². The molecule has 3 nitrogen and oxygen atoms in total. The largest absolute Gasteiger partial charge is 0.331 e. The molecule has 17 heavy (non-hydrogen) atoms. The van der Waals surface area contributed by atoms with Crippen molar-refractivity contribution in [3.05, 3.63) is 34.1 Å². The number of ketones is 1. The normalized spacial score (nSPS) is 16.1. The van der Waals surface area contributed by atoms with Crippen LogP contribution in [0.25, 0.3) is 0 Å². The second-order valence-corrected chi connectivity index (χ2v) is 4.94. The lowest BCUT2D eigenvalue weighted by atomic mass is 10.1. The number of rotatable bonds is 1. The van der Waals surface area contributed by atoms with E-state index in [2.05, 4.69) is 15.9 Å². The van der Waals surface area contributed by atoms with Gasteiger partial charge >= 0.3 is 0 Å². The second-order valence-electron chi connectivity index (χ2n) is 4.03. The van der Waals surface area contributed by atoms with E-state index in [1.807, 2.05) is 0 Å². The molecule has 0 atom stereocenters. The highest BCUT2D eigenvalue weighted by Crippen LogP contribution is 2.18. The fourth-order valence-electron chi connectivity index (χ4n) is 1.87. The molecule has 0 unspecified atom stereocenters. The van der Waals surface area contributed by atoms with Crippen LogP contribution in [0.2, 0.25) is 0 Å². The molecule has 1 aromatic carbocycles. The fourth-order valence-corrected chi connectivity index (χ4v) is 2.34. The maximum absolute atomic E-state index is 13.2. The van der Waals surface area contributed by atoms with Crippen LogP contribution < -0.4 is 0 Å². The third-order valence-electron chi connectivity index (χ3n) is 2.65. The molecule has 1 fully saturated rings. The van der Waals surface area contributed by atoms with E-state index >= 15 is 0 Å². The molecule has 1 saturated heterocycles. The minimum Gasteiger partial charge on any atom is -0.331 e. The summed E-state index contributed by atoms with van der Waals surface area (Å²) in [5.74, 6) is -0.704. The number of piperidine rings is 1. The van der Waals surface area contributed by atoms with Crippen molar-refractivity contribution in [1.82, 2.24) is 4.90 Å². The van der Waals surface area contributed by atoms with Crippen molar-refractivity contribution in [2.45, 2.75) is 12.8 Å². The molecule has 0 saturated carbocycles. The summed E-state index contributed by atoms with van der Waals surface area (Å²) in [5.41, 5.74) is 0.270. The first-order valence-corrected chi connectivity index (χ1v) is 6.12. The number of Topliss-reactive ketones (excluding diaryl/α,β-unsaturated/α-hetero) is 1. The lowest BCUT2D eigenvalue weighted by molar-refractivity contribution is -0.121. The Kier molecular flexibility index (Phi) is 3.57. The Labute approximate surface area is 107 Å². The van der Waals surface area contributed by atoms with Gasteiger partial charge in [0.15, 0.2) is 5.78 Å². The summed E-state index contributed by atoms with van der Waals surface area (Å²) < 4.78 is 13.7. The summed E-state index contributed by atoms with van der Waals surface area (Å²) >= 11 is 3.14. The van der Waals surface area contributed by atoms with E-state index in [1.54, 1.807) is 6.07 Å². The van der Waals surface area contributed by atoms with Crippen LogP contribution in [0.3, 0.4) is 0 Å². The molecular weight excluding hydrogens is 289 g/mol. The van der Waals surface area contributed by atoms with E-state index in [0.717, 1.165) is 0 Å². The molecule has 1 aliphatic rings. The molecule has 0 aromatic heterocycles. The van der Waals surface area contributed by atoms with Gasteiger partial charge in [0, 0.05) is 23.0 Å². The zero-order chi connectivity index (χ0) is 12.4. The highest BCUT2D eigenvalue weighted by atomic mass is 79.9. The van der Waals surface area contributed by atoms with Crippen LogP contribution in [-0.4, -0.2) is 29.7 Å². The highest BCUT2D eigenvalue weighted by Gasteiger charge is 2.22. The summed E-state index contributed by atoms with van der Waals surface area (Å²) in [7, 11) is 0. The minimum atomic E-state index is -0.467. The van der Waals surface area contributed by atoms with Crippen LogP contribution in [-0.2, 0) is 4.79 Å². The number of amides is 1. The number of hydrogen-bond acceptors (Lipinski definition) is 2. The Morgan fingerprint density at radius 1 is 1.35 bits per heavy atom. The summed E-state index contributed by atoms with van der Waals surface area (Å²) in [6.07, 6.45) is 1.21. The third-order valence-corrected chi connectivity index (χ3v) is 3.11. The van der Waals surface area contributed by atoms with Gasteiger partial charge < -0.3 is 4.90 Å². The van der Waals surface area contributed by atoms with Crippen molar-refractivity contribution in [2.24, 2.45) is 0 Å². The minimum absolute atomic E-state index is 0.0556. The van der Waals surface area contributed by atoms with Crippen molar-refractivity contribution in [2.75, 3.05) is 13.1 Å². The Hall–Kier alpha value is -1.23. The van der Waals surface area contributed by atoms with Gasteiger partial charge in [-0.15, -0.1) is 0 Å². The van der Waals surface area contributed by atoms with E-state index in [9.17, 15) is 14.0 Å². The lowest BCUT2D eigenvalue weighted by Gasteiger charge is -2.25. The molecule has 0 radical (unpaired) electrons. The van der Waals surface area contributed by atoms with Crippen LogP contribution in [0.15, 0.2) is 22.7 Å². The second kappa shape index (κ2) is 4.96. The Balaban J connectivity index is 2.21. The summed E-state index contributed by atoms with van der Waals surface area (Å²) in [6, 6.07) is 4.04. The van der Waals surface area contributed by atoms with E-state index in [0.29, 0.717) is 23.9 Å². The first kappa shape index (κ1) is 12.2. The van der Waals surface area contributed by atoms with E-state index in [-0.39, 0.29) is 23.8 Å². The van der Waals surface area contributed by atoms with Crippen LogP contribution in [0, 0.1) is 5.82 Å². The van der Waals surface area contributed by atoms with Gasteiger partial charge in [-0.3, -0.25) is 9.59 Å². The molecule has 1 aromatic rings. The van der Waals surface area contributed by atoms with Crippen molar-refractivity contribution < 1.29 is 14.0 Å². The van der Waals surface area contributed by atoms with Gasteiger partial charge in [0.2, 0.25) is 0 Å². The number of halogens is 2. The summed E-state index contributed by atoms with van der Waals surface area (Å²) in [4.78, 5) is 24.8. The van der Waals surface area contributed by atoms with Gasteiger partial charge in [-0.05, 0) is 24.6 Å². The zero-order valence-corrected chi connectivity index (χ0v) is 10.7. The fraction of sp³-hybridized carbons (Fsp3) is 0.333. The number of carbonyl (C=O) groups is 2. The van der Waals surface area contributed by atoms with Crippen LogP contribution in [0.5, 0.6) is 0 Å². The smallest absolute Gasteiger partial charge is 0.254 e. The molecule has 0 spiro atoms. The number of nitrogens with zero attached hydrogens (tertiary/aromatic N) is 1. The average Bonchev–Trinajstić information content (AvgIpc) is 2.26. The zero-order valence-electron chi connectivity index (χ0n) is 9.08. The molecular formula is C12H11BrFNO2. The molecule has 5 heteroatoms. The Bertz CT molecular complexity index is 455. The number of hydrogen-bond donors (Lipinski definition) is 0. The van der Waals surface area contributed by atoms with E-state index in [4.69, 9.17) is 0 Å². The Morgan fingerprint density at radius 2 is 2.12 bits per heavy atom. The first-order valence-electron chi connectivity index (χ1n) is 5.33. The summed E-state index contributed by atoms with van der Waals surface area (Å²) in [6.45, 7) is 0.686. The van der Waals surface area contributed by atoms with Crippen molar-refractivity contribution >= 4 is 27.6 Å². The first-order chi connectivity index (χ1) is 8.06. The molecule has 0 aliphatic carbocycles. The van der Waals surface area contributed by atoms with Gasteiger partial charge in [-0.2, -0.15) is 0 Å². The van der Waals surface area contributed by atoms with Gasteiger partial charge in [0.25, 0.3) is 5.91 Å². The maximum Gasteiger partial charge on any atom is 0.254 e. The van der Waals surface area contributed by atoms with Crippen molar-refractivity contribution in [3.63, 3.8) is 0 Å². The molecule has 2 rings (SSSR count). The number of benzene rings is 1. The standard InChI is InChI=1S/C12H11BrFNO2/c13-9-4-8(5-10(14)6-9)12(17)15-3-1-2-11(16)7-15/h4-6H,1-3,7H2.